The summed E-state index contributed by atoms with van der Waals surface area (Å²) in [5, 5.41) is 5.03. The number of benzene rings is 1. The van der Waals surface area contributed by atoms with E-state index in [2.05, 4.69) is 10.6 Å². The van der Waals surface area contributed by atoms with E-state index >= 15 is 0 Å². The first-order valence-corrected chi connectivity index (χ1v) is 7.51. The van der Waals surface area contributed by atoms with Gasteiger partial charge in [0, 0.05) is 36.7 Å². The molecule has 1 atom stereocenters. The third kappa shape index (κ3) is 2.81. The van der Waals surface area contributed by atoms with E-state index in [1.807, 2.05) is 0 Å². The van der Waals surface area contributed by atoms with Crippen molar-refractivity contribution in [3.63, 3.8) is 0 Å². The normalized spacial score (nSPS) is 20.8. The van der Waals surface area contributed by atoms with Crippen molar-refractivity contribution in [1.29, 1.82) is 0 Å². The highest BCUT2D eigenvalue weighted by Gasteiger charge is 2.38. The van der Waals surface area contributed by atoms with E-state index in [-0.39, 0.29) is 30.7 Å². The lowest BCUT2D eigenvalue weighted by molar-refractivity contribution is -0.132. The topological polar surface area (TPSA) is 95.6 Å². The van der Waals surface area contributed by atoms with Gasteiger partial charge in [-0.05, 0) is 25.0 Å². The molecule has 1 fully saturated rings. The van der Waals surface area contributed by atoms with Gasteiger partial charge in [0.05, 0.1) is 0 Å². The van der Waals surface area contributed by atoms with Gasteiger partial charge in [-0.25, -0.2) is 0 Å². The zero-order valence-corrected chi connectivity index (χ0v) is 12.7. The second-order valence-corrected chi connectivity index (χ2v) is 5.77. The summed E-state index contributed by atoms with van der Waals surface area (Å²) in [6.07, 6.45) is 1.29. The first-order chi connectivity index (χ1) is 11.0. The molecule has 0 bridgehead atoms. The minimum atomic E-state index is -0.661. The fourth-order valence-electron chi connectivity index (χ4n) is 3.08. The molecule has 120 valence electrons. The van der Waals surface area contributed by atoms with Gasteiger partial charge in [-0.2, -0.15) is 0 Å². The van der Waals surface area contributed by atoms with Crippen molar-refractivity contribution in [2.75, 3.05) is 5.32 Å². The van der Waals surface area contributed by atoms with Gasteiger partial charge in [0.15, 0.2) is 0 Å². The Morgan fingerprint density at radius 3 is 2.83 bits per heavy atom. The molecule has 2 aliphatic heterocycles. The number of anilines is 1. The van der Waals surface area contributed by atoms with Crippen LogP contribution in [0.3, 0.4) is 0 Å². The molecule has 2 aliphatic rings. The highest BCUT2D eigenvalue weighted by Crippen LogP contribution is 2.32. The van der Waals surface area contributed by atoms with E-state index in [1.165, 1.54) is 11.8 Å². The van der Waals surface area contributed by atoms with E-state index in [0.29, 0.717) is 29.7 Å². The second-order valence-electron chi connectivity index (χ2n) is 5.77. The molecule has 1 saturated heterocycles. The van der Waals surface area contributed by atoms with Crippen molar-refractivity contribution in [1.82, 2.24) is 10.2 Å². The Morgan fingerprint density at radius 1 is 1.30 bits per heavy atom. The van der Waals surface area contributed by atoms with Crippen LogP contribution >= 0.6 is 0 Å². The van der Waals surface area contributed by atoms with Crippen molar-refractivity contribution in [3.05, 3.63) is 29.3 Å². The Labute approximate surface area is 133 Å². The van der Waals surface area contributed by atoms with Crippen LogP contribution in [-0.2, 0) is 20.9 Å². The molecular weight excluding hydrogens is 298 g/mol. The van der Waals surface area contributed by atoms with Crippen molar-refractivity contribution >= 4 is 29.3 Å². The van der Waals surface area contributed by atoms with Gasteiger partial charge in [0.25, 0.3) is 5.91 Å². The minimum absolute atomic E-state index is 0.220. The van der Waals surface area contributed by atoms with E-state index in [0.717, 1.165) is 0 Å². The Morgan fingerprint density at radius 2 is 2.09 bits per heavy atom. The Balaban J connectivity index is 1.89. The van der Waals surface area contributed by atoms with Gasteiger partial charge < -0.3 is 10.2 Å². The highest BCUT2D eigenvalue weighted by atomic mass is 16.2. The number of nitrogens with zero attached hydrogens (tertiary/aromatic N) is 1. The number of carbonyl (C=O) groups excluding carboxylic acids is 4. The molecule has 0 radical (unpaired) electrons. The largest absolute Gasteiger partial charge is 0.326 e. The maximum atomic E-state index is 12.6. The zero-order chi connectivity index (χ0) is 16.6. The van der Waals surface area contributed by atoms with Crippen LogP contribution in [0.1, 0.15) is 42.1 Å². The standard InChI is InChI=1S/C16H17N3O4/c1-9(20)17-12-5-2-4-10-11(12)8-19(16(10)23)13-6-3-7-14(21)18-15(13)22/h2,4-5,13H,3,6-8H2,1H3,(H,17,20)(H,18,21,22). The van der Waals surface area contributed by atoms with E-state index in [4.69, 9.17) is 0 Å². The SMILES string of the molecule is CC(=O)Nc1cccc2c1CN(C1CCCC(=O)NC1=O)C2=O. The van der Waals surface area contributed by atoms with Crippen LogP contribution in [0.5, 0.6) is 0 Å². The average Bonchev–Trinajstić information content (AvgIpc) is 2.71. The van der Waals surface area contributed by atoms with Crippen LogP contribution in [0.15, 0.2) is 18.2 Å². The van der Waals surface area contributed by atoms with E-state index in [1.54, 1.807) is 18.2 Å². The lowest BCUT2D eigenvalue weighted by Gasteiger charge is -2.24. The van der Waals surface area contributed by atoms with Gasteiger partial charge in [-0.1, -0.05) is 6.07 Å². The summed E-state index contributed by atoms with van der Waals surface area (Å²) in [4.78, 5) is 49.0. The van der Waals surface area contributed by atoms with Crippen molar-refractivity contribution < 1.29 is 19.2 Å². The first kappa shape index (κ1) is 15.2. The minimum Gasteiger partial charge on any atom is -0.326 e. The number of hydrogen-bond acceptors (Lipinski definition) is 4. The van der Waals surface area contributed by atoms with Gasteiger partial charge in [0.1, 0.15) is 6.04 Å². The molecule has 0 saturated carbocycles. The molecule has 0 spiro atoms. The maximum Gasteiger partial charge on any atom is 0.255 e. The van der Waals surface area contributed by atoms with Crippen LogP contribution in [0, 0.1) is 0 Å². The Bertz CT molecular complexity index is 713. The molecule has 4 amide bonds. The molecule has 1 unspecified atom stereocenters. The molecule has 23 heavy (non-hydrogen) atoms. The number of hydrogen-bond donors (Lipinski definition) is 2. The summed E-state index contributed by atoms with van der Waals surface area (Å²) in [7, 11) is 0. The maximum absolute atomic E-state index is 12.6. The van der Waals surface area contributed by atoms with Crippen molar-refractivity contribution in [3.8, 4) is 0 Å². The molecule has 2 N–H and O–H groups in total. The number of imide groups is 1. The molecule has 0 aromatic heterocycles. The summed E-state index contributed by atoms with van der Waals surface area (Å²) >= 11 is 0. The predicted octanol–water partition coefficient (Wildman–Crippen LogP) is 0.796. The number of amides is 4. The third-order valence-electron chi connectivity index (χ3n) is 4.13. The molecule has 1 aromatic carbocycles. The molecule has 7 nitrogen and oxygen atoms in total. The van der Waals surface area contributed by atoms with E-state index < -0.39 is 11.9 Å². The zero-order valence-electron chi connectivity index (χ0n) is 12.7. The number of nitrogens with one attached hydrogen (secondary N) is 2. The quantitative estimate of drug-likeness (QED) is 0.789. The summed E-state index contributed by atoms with van der Waals surface area (Å²) in [6, 6.07) is 4.45. The van der Waals surface area contributed by atoms with Crippen LogP contribution in [0.2, 0.25) is 0 Å². The molecule has 7 heteroatoms. The fourth-order valence-corrected chi connectivity index (χ4v) is 3.08. The summed E-state index contributed by atoms with van der Waals surface area (Å²) in [5.74, 6) is -1.21. The lowest BCUT2D eigenvalue weighted by Crippen LogP contribution is -2.46. The predicted molar refractivity (Wildman–Crippen MR) is 81.4 cm³/mol. The third-order valence-corrected chi connectivity index (χ3v) is 4.13. The molecular formula is C16H17N3O4. The van der Waals surface area contributed by atoms with Gasteiger partial charge in [-0.3, -0.25) is 24.5 Å². The van der Waals surface area contributed by atoms with Gasteiger partial charge >= 0.3 is 0 Å². The molecule has 2 heterocycles. The van der Waals surface area contributed by atoms with E-state index in [9.17, 15) is 19.2 Å². The fraction of sp³-hybridized carbons (Fsp3) is 0.375. The number of carbonyl (C=O) groups is 4. The van der Waals surface area contributed by atoms with Gasteiger partial charge in [-0.15, -0.1) is 0 Å². The number of fused-ring (bicyclic) bond motifs is 1. The smallest absolute Gasteiger partial charge is 0.255 e. The first-order valence-electron chi connectivity index (χ1n) is 7.51. The monoisotopic (exact) mass is 315 g/mol. The average molecular weight is 315 g/mol. The molecule has 3 rings (SSSR count). The number of rotatable bonds is 2. The van der Waals surface area contributed by atoms with Crippen LogP contribution in [0.25, 0.3) is 0 Å². The lowest BCUT2D eigenvalue weighted by atomic mass is 10.1. The summed E-state index contributed by atoms with van der Waals surface area (Å²) in [5.41, 5.74) is 1.77. The van der Waals surface area contributed by atoms with Crippen LogP contribution < -0.4 is 10.6 Å². The van der Waals surface area contributed by atoms with Crippen molar-refractivity contribution in [2.24, 2.45) is 0 Å². The summed E-state index contributed by atoms with van der Waals surface area (Å²) in [6.45, 7) is 1.65. The summed E-state index contributed by atoms with van der Waals surface area (Å²) < 4.78 is 0. The highest BCUT2D eigenvalue weighted by molar-refractivity contribution is 6.05. The Hall–Kier alpha value is -2.70. The molecule has 0 aliphatic carbocycles. The van der Waals surface area contributed by atoms with Crippen molar-refractivity contribution in [2.45, 2.75) is 38.8 Å². The second kappa shape index (κ2) is 5.83. The Kier molecular flexibility index (Phi) is 3.85. The molecule has 1 aromatic rings. The van der Waals surface area contributed by atoms with Crippen LogP contribution in [-0.4, -0.2) is 34.6 Å². The van der Waals surface area contributed by atoms with Gasteiger partial charge in [0.2, 0.25) is 17.7 Å². The van der Waals surface area contributed by atoms with Crippen LogP contribution in [0.4, 0.5) is 5.69 Å².